The van der Waals surface area contributed by atoms with Gasteiger partial charge in [0.25, 0.3) is 0 Å². The number of benzene rings is 1. The van der Waals surface area contributed by atoms with Gasteiger partial charge < -0.3 is 10.5 Å². The SMILES string of the molecule is CC(C)C(C)OCc1ccccc1C#CCN. The van der Waals surface area contributed by atoms with Crippen LogP contribution in [-0.2, 0) is 11.3 Å². The molecule has 17 heavy (non-hydrogen) atoms. The molecule has 0 aliphatic rings. The standard InChI is InChI=1S/C15H21NO/c1-12(2)13(3)17-11-15-8-5-4-7-14(15)9-6-10-16/h4-5,7-8,12-13H,10-11,16H2,1-3H3. The first-order valence-corrected chi connectivity index (χ1v) is 6.03. The molecule has 0 aliphatic heterocycles. The monoisotopic (exact) mass is 231 g/mol. The number of nitrogens with two attached hydrogens (primary N) is 1. The molecule has 0 spiro atoms. The molecule has 0 fully saturated rings. The van der Waals surface area contributed by atoms with Gasteiger partial charge >= 0.3 is 0 Å². The summed E-state index contributed by atoms with van der Waals surface area (Å²) in [6.07, 6.45) is 0.255. The van der Waals surface area contributed by atoms with Gasteiger partial charge in [0.05, 0.1) is 19.3 Å². The van der Waals surface area contributed by atoms with E-state index in [9.17, 15) is 0 Å². The second kappa shape index (κ2) is 7.11. The molecule has 0 radical (unpaired) electrons. The van der Waals surface area contributed by atoms with E-state index < -0.39 is 0 Å². The molecule has 0 bridgehead atoms. The van der Waals surface area contributed by atoms with Crippen LogP contribution in [0.4, 0.5) is 0 Å². The summed E-state index contributed by atoms with van der Waals surface area (Å²) in [4.78, 5) is 0. The topological polar surface area (TPSA) is 35.2 Å². The van der Waals surface area contributed by atoms with E-state index in [0.29, 0.717) is 19.1 Å². The highest BCUT2D eigenvalue weighted by atomic mass is 16.5. The average molecular weight is 231 g/mol. The van der Waals surface area contributed by atoms with Crippen LogP contribution in [0.1, 0.15) is 31.9 Å². The third kappa shape index (κ3) is 4.60. The van der Waals surface area contributed by atoms with Gasteiger partial charge in [-0.05, 0) is 24.5 Å². The fourth-order valence-electron chi connectivity index (χ4n) is 1.33. The molecule has 1 aromatic rings. The van der Waals surface area contributed by atoms with E-state index >= 15 is 0 Å². The van der Waals surface area contributed by atoms with Crippen LogP contribution in [0.5, 0.6) is 0 Å². The van der Waals surface area contributed by atoms with Crippen LogP contribution >= 0.6 is 0 Å². The zero-order chi connectivity index (χ0) is 12.7. The first-order valence-electron chi connectivity index (χ1n) is 6.03. The highest BCUT2D eigenvalue weighted by Crippen LogP contribution is 2.13. The van der Waals surface area contributed by atoms with Crippen LogP contribution in [0, 0.1) is 17.8 Å². The maximum Gasteiger partial charge on any atom is 0.0732 e. The van der Waals surface area contributed by atoms with E-state index in [1.165, 1.54) is 0 Å². The lowest BCUT2D eigenvalue weighted by Crippen LogP contribution is -2.15. The maximum atomic E-state index is 5.81. The van der Waals surface area contributed by atoms with Gasteiger partial charge in [-0.15, -0.1) is 0 Å². The number of rotatable bonds is 4. The summed E-state index contributed by atoms with van der Waals surface area (Å²) in [5, 5.41) is 0. The van der Waals surface area contributed by atoms with Crippen LogP contribution in [0.3, 0.4) is 0 Å². The van der Waals surface area contributed by atoms with Crippen molar-refractivity contribution in [1.82, 2.24) is 0 Å². The van der Waals surface area contributed by atoms with Crippen LogP contribution < -0.4 is 5.73 Å². The van der Waals surface area contributed by atoms with Crippen molar-refractivity contribution >= 4 is 0 Å². The third-order valence-electron chi connectivity index (χ3n) is 2.78. The summed E-state index contributed by atoms with van der Waals surface area (Å²) in [6, 6.07) is 8.04. The van der Waals surface area contributed by atoms with Crippen LogP contribution in [-0.4, -0.2) is 12.6 Å². The van der Waals surface area contributed by atoms with Crippen LogP contribution in [0.2, 0.25) is 0 Å². The molecule has 0 aromatic heterocycles. The first kappa shape index (κ1) is 13.8. The molecule has 2 heteroatoms. The van der Waals surface area contributed by atoms with Gasteiger partial charge in [-0.1, -0.05) is 43.9 Å². The Morgan fingerprint density at radius 1 is 1.24 bits per heavy atom. The fraction of sp³-hybridized carbons (Fsp3) is 0.467. The minimum Gasteiger partial charge on any atom is -0.374 e. The van der Waals surface area contributed by atoms with Crippen LogP contribution in [0.15, 0.2) is 24.3 Å². The molecule has 92 valence electrons. The number of ether oxygens (including phenoxy) is 1. The molecule has 0 heterocycles. The number of hydrogen-bond donors (Lipinski definition) is 1. The van der Waals surface area contributed by atoms with Gasteiger partial charge in [-0.3, -0.25) is 0 Å². The lowest BCUT2D eigenvalue weighted by atomic mass is 10.1. The maximum absolute atomic E-state index is 5.81. The smallest absolute Gasteiger partial charge is 0.0732 e. The zero-order valence-corrected chi connectivity index (χ0v) is 10.9. The Morgan fingerprint density at radius 3 is 2.59 bits per heavy atom. The summed E-state index contributed by atoms with van der Waals surface area (Å²) in [5.74, 6) is 6.47. The van der Waals surface area contributed by atoms with Crippen molar-refractivity contribution in [3.8, 4) is 11.8 Å². The summed E-state index contributed by atoms with van der Waals surface area (Å²) in [6.45, 7) is 7.40. The second-order valence-corrected chi connectivity index (χ2v) is 4.42. The molecule has 0 saturated carbocycles. The minimum atomic E-state index is 0.255. The van der Waals surface area contributed by atoms with E-state index in [1.807, 2.05) is 24.3 Å². The Morgan fingerprint density at radius 2 is 1.94 bits per heavy atom. The van der Waals surface area contributed by atoms with E-state index in [0.717, 1.165) is 11.1 Å². The summed E-state index contributed by atoms with van der Waals surface area (Å²) in [7, 11) is 0. The average Bonchev–Trinajstić information content (AvgIpc) is 2.34. The van der Waals surface area contributed by atoms with Crippen molar-refractivity contribution in [3.63, 3.8) is 0 Å². The normalized spacial score (nSPS) is 12.1. The Balaban J connectivity index is 2.70. The molecule has 1 aromatic carbocycles. The van der Waals surface area contributed by atoms with Crippen molar-refractivity contribution in [2.75, 3.05) is 6.54 Å². The molecule has 1 unspecified atom stereocenters. The van der Waals surface area contributed by atoms with Gasteiger partial charge in [0, 0.05) is 5.56 Å². The zero-order valence-electron chi connectivity index (χ0n) is 10.9. The summed E-state index contributed by atoms with van der Waals surface area (Å²) >= 11 is 0. The fourth-order valence-corrected chi connectivity index (χ4v) is 1.33. The van der Waals surface area contributed by atoms with Gasteiger partial charge in [0.2, 0.25) is 0 Å². The molecular weight excluding hydrogens is 210 g/mol. The van der Waals surface area contributed by atoms with Crippen molar-refractivity contribution in [2.45, 2.75) is 33.5 Å². The largest absolute Gasteiger partial charge is 0.374 e. The van der Waals surface area contributed by atoms with E-state index in [1.54, 1.807) is 0 Å². The number of hydrogen-bond acceptors (Lipinski definition) is 2. The molecule has 2 nitrogen and oxygen atoms in total. The Bertz CT molecular complexity index is 401. The highest BCUT2D eigenvalue weighted by Gasteiger charge is 2.08. The highest BCUT2D eigenvalue weighted by molar-refractivity contribution is 5.41. The van der Waals surface area contributed by atoms with E-state index in [2.05, 4.69) is 32.6 Å². The third-order valence-corrected chi connectivity index (χ3v) is 2.78. The van der Waals surface area contributed by atoms with Crippen molar-refractivity contribution in [1.29, 1.82) is 0 Å². The minimum absolute atomic E-state index is 0.255. The lowest BCUT2D eigenvalue weighted by molar-refractivity contribution is 0.0234. The molecule has 0 saturated heterocycles. The van der Waals surface area contributed by atoms with Gasteiger partial charge in [0.15, 0.2) is 0 Å². The lowest BCUT2D eigenvalue weighted by Gasteiger charge is -2.17. The molecule has 2 N–H and O–H groups in total. The van der Waals surface area contributed by atoms with Crippen molar-refractivity contribution in [3.05, 3.63) is 35.4 Å². The van der Waals surface area contributed by atoms with Gasteiger partial charge in [0.1, 0.15) is 0 Å². The first-order chi connectivity index (χ1) is 8.15. The van der Waals surface area contributed by atoms with E-state index in [4.69, 9.17) is 10.5 Å². The Hall–Kier alpha value is -1.30. The van der Waals surface area contributed by atoms with Crippen LogP contribution in [0.25, 0.3) is 0 Å². The van der Waals surface area contributed by atoms with Crippen molar-refractivity contribution in [2.24, 2.45) is 11.7 Å². The van der Waals surface area contributed by atoms with Gasteiger partial charge in [-0.2, -0.15) is 0 Å². The summed E-state index contributed by atoms with van der Waals surface area (Å²) < 4.78 is 5.81. The molecular formula is C15H21NO. The molecule has 1 rings (SSSR count). The predicted molar refractivity (Wildman–Crippen MR) is 71.5 cm³/mol. The predicted octanol–water partition coefficient (Wildman–Crippen LogP) is 2.56. The molecule has 1 atom stereocenters. The van der Waals surface area contributed by atoms with Gasteiger partial charge in [-0.25, -0.2) is 0 Å². The Labute approximate surface area is 104 Å². The van der Waals surface area contributed by atoms with Crippen molar-refractivity contribution < 1.29 is 4.74 Å². The summed E-state index contributed by atoms with van der Waals surface area (Å²) in [5.41, 5.74) is 7.52. The molecule has 0 amide bonds. The molecule has 0 aliphatic carbocycles. The second-order valence-electron chi connectivity index (χ2n) is 4.42. The van der Waals surface area contributed by atoms with E-state index in [-0.39, 0.29) is 6.10 Å². The quantitative estimate of drug-likeness (QED) is 0.808. The Kier molecular flexibility index (Phi) is 5.76.